The van der Waals surface area contributed by atoms with Gasteiger partial charge in [-0.25, -0.2) is 0 Å². The highest BCUT2D eigenvalue weighted by Crippen LogP contribution is 2.26. The number of aromatic nitrogens is 3. The van der Waals surface area contributed by atoms with Crippen LogP contribution in [-0.4, -0.2) is 33.0 Å². The van der Waals surface area contributed by atoms with Crippen LogP contribution in [0, 0.1) is 11.3 Å². The summed E-state index contributed by atoms with van der Waals surface area (Å²) >= 11 is 7.25. The minimum absolute atomic E-state index is 0.0151. The van der Waals surface area contributed by atoms with Gasteiger partial charge in [0, 0.05) is 22.8 Å². The minimum atomic E-state index is -0.177. The maximum absolute atomic E-state index is 12.8. The van der Waals surface area contributed by atoms with Crippen LogP contribution < -0.4 is 4.90 Å². The summed E-state index contributed by atoms with van der Waals surface area (Å²) < 4.78 is 1.89. The lowest BCUT2D eigenvalue weighted by molar-refractivity contribution is -0.116. The van der Waals surface area contributed by atoms with Gasteiger partial charge in [0.25, 0.3) is 0 Å². The number of rotatable bonds is 8. The van der Waals surface area contributed by atoms with Crippen molar-refractivity contribution in [2.24, 2.45) is 0 Å². The Morgan fingerprint density at radius 3 is 2.59 bits per heavy atom. The van der Waals surface area contributed by atoms with Crippen molar-refractivity contribution in [3.05, 3.63) is 72.3 Å². The van der Waals surface area contributed by atoms with Crippen LogP contribution in [0.2, 0.25) is 5.02 Å². The normalized spacial score (nSPS) is 10.3. The van der Waals surface area contributed by atoms with Gasteiger partial charge in [-0.3, -0.25) is 14.3 Å². The van der Waals surface area contributed by atoms with Crippen LogP contribution in [0.5, 0.6) is 0 Å². The molecule has 0 aliphatic carbocycles. The Hall–Kier alpha value is -3.08. The molecule has 0 spiro atoms. The molecule has 0 saturated carbocycles. The lowest BCUT2D eigenvalue weighted by atomic mass is 10.2. The van der Waals surface area contributed by atoms with Gasteiger partial charge in [-0.05, 0) is 36.4 Å². The third-order valence-corrected chi connectivity index (χ3v) is 5.26. The first-order valence-electron chi connectivity index (χ1n) is 8.79. The van der Waals surface area contributed by atoms with E-state index in [-0.39, 0.29) is 18.2 Å². The molecule has 0 N–H and O–H groups in total. The number of benzene rings is 2. The maximum atomic E-state index is 12.8. The number of para-hydroxylation sites is 1. The summed E-state index contributed by atoms with van der Waals surface area (Å²) in [6.45, 7) is 4.28. The zero-order valence-corrected chi connectivity index (χ0v) is 17.1. The Labute approximate surface area is 178 Å². The van der Waals surface area contributed by atoms with Crippen LogP contribution in [0.15, 0.2) is 72.4 Å². The first-order chi connectivity index (χ1) is 14.1. The number of hydrogen-bond acceptors (Lipinski definition) is 5. The molecule has 3 rings (SSSR count). The number of allylic oxidation sites excluding steroid dienone is 1. The number of anilines is 1. The summed E-state index contributed by atoms with van der Waals surface area (Å²) in [7, 11) is 0. The third-order valence-electron chi connectivity index (χ3n) is 4.05. The third kappa shape index (κ3) is 5.05. The van der Waals surface area contributed by atoms with Crippen molar-refractivity contribution in [3.63, 3.8) is 0 Å². The first-order valence-corrected chi connectivity index (χ1v) is 10.2. The van der Waals surface area contributed by atoms with Gasteiger partial charge in [0.2, 0.25) is 5.91 Å². The van der Waals surface area contributed by atoms with E-state index in [0.717, 1.165) is 5.56 Å². The van der Waals surface area contributed by atoms with Crippen LogP contribution >= 0.6 is 23.4 Å². The van der Waals surface area contributed by atoms with Gasteiger partial charge in [0.1, 0.15) is 6.54 Å². The molecule has 0 bridgehead atoms. The largest absolute Gasteiger partial charge is 0.298 e. The molecule has 29 heavy (non-hydrogen) atoms. The lowest BCUT2D eigenvalue weighted by Crippen LogP contribution is -2.32. The second kappa shape index (κ2) is 9.92. The van der Waals surface area contributed by atoms with E-state index in [4.69, 9.17) is 16.9 Å². The number of nitrogens with zero attached hydrogens (tertiary/aromatic N) is 5. The fraction of sp³-hybridized carbons (Fsp3) is 0.143. The molecule has 3 aromatic rings. The number of nitriles is 1. The Kier molecular flexibility index (Phi) is 7.06. The monoisotopic (exact) mass is 423 g/mol. The standard InChI is InChI=1S/C21H18ClN5OS/c1-2-13-27-20(16-8-10-17(22)11-9-16)24-25-21(27)29-15-19(28)26(14-12-23)18-6-4-3-5-7-18/h2-11H,1,13-15H2. The molecular formula is C21H18ClN5OS. The molecule has 1 amide bonds. The molecule has 0 fully saturated rings. The number of thioether (sulfide) groups is 1. The summed E-state index contributed by atoms with van der Waals surface area (Å²) in [5, 5.41) is 18.9. The fourth-order valence-electron chi connectivity index (χ4n) is 2.71. The summed E-state index contributed by atoms with van der Waals surface area (Å²) in [6.07, 6.45) is 1.75. The minimum Gasteiger partial charge on any atom is -0.298 e. The molecule has 0 aliphatic rings. The zero-order valence-electron chi connectivity index (χ0n) is 15.5. The smallest absolute Gasteiger partial charge is 0.238 e. The number of carbonyl (C=O) groups is 1. The topological polar surface area (TPSA) is 74.8 Å². The van der Waals surface area contributed by atoms with Crippen molar-refractivity contribution in [1.29, 1.82) is 5.26 Å². The van der Waals surface area contributed by atoms with E-state index in [0.29, 0.717) is 28.2 Å². The number of carbonyl (C=O) groups excluding carboxylic acids is 1. The van der Waals surface area contributed by atoms with Crippen molar-refractivity contribution in [2.45, 2.75) is 11.7 Å². The summed E-state index contributed by atoms with van der Waals surface area (Å²) in [6, 6.07) is 18.5. The number of halogens is 1. The SMILES string of the molecule is C=CCn1c(SCC(=O)N(CC#N)c2ccccc2)nnc1-c1ccc(Cl)cc1. The average molecular weight is 424 g/mol. The number of hydrogen-bond donors (Lipinski definition) is 0. The Balaban J connectivity index is 1.79. The quantitative estimate of drug-likeness (QED) is 0.304. The zero-order chi connectivity index (χ0) is 20.6. The molecule has 0 aliphatic heterocycles. The highest BCUT2D eigenvalue weighted by atomic mass is 35.5. The van der Waals surface area contributed by atoms with Crippen LogP contribution in [0.3, 0.4) is 0 Å². The Bertz CT molecular complexity index is 1030. The second-order valence-corrected chi connectivity index (χ2v) is 7.35. The van der Waals surface area contributed by atoms with E-state index < -0.39 is 0 Å². The molecular weight excluding hydrogens is 406 g/mol. The summed E-state index contributed by atoms with van der Waals surface area (Å²) in [5.74, 6) is 0.629. The molecule has 0 saturated heterocycles. The van der Waals surface area contributed by atoms with Crippen molar-refractivity contribution in [2.75, 3.05) is 17.2 Å². The molecule has 0 unspecified atom stereocenters. The van der Waals surface area contributed by atoms with Crippen molar-refractivity contribution in [1.82, 2.24) is 14.8 Å². The summed E-state index contributed by atoms with van der Waals surface area (Å²) in [5.41, 5.74) is 1.56. The predicted molar refractivity (Wildman–Crippen MR) is 116 cm³/mol. The molecule has 6 nitrogen and oxygen atoms in total. The fourth-order valence-corrected chi connectivity index (χ4v) is 3.66. The van der Waals surface area contributed by atoms with Gasteiger partial charge in [-0.2, -0.15) is 5.26 Å². The van der Waals surface area contributed by atoms with E-state index >= 15 is 0 Å². The Morgan fingerprint density at radius 2 is 1.93 bits per heavy atom. The van der Waals surface area contributed by atoms with E-state index in [1.165, 1.54) is 16.7 Å². The van der Waals surface area contributed by atoms with Crippen molar-refractivity contribution < 1.29 is 4.79 Å². The van der Waals surface area contributed by atoms with Gasteiger partial charge in [0.05, 0.1) is 11.8 Å². The van der Waals surface area contributed by atoms with E-state index in [9.17, 15) is 4.79 Å². The molecule has 8 heteroatoms. The van der Waals surface area contributed by atoms with Crippen molar-refractivity contribution >= 4 is 35.0 Å². The highest BCUT2D eigenvalue weighted by Gasteiger charge is 2.19. The van der Waals surface area contributed by atoms with Gasteiger partial charge < -0.3 is 0 Å². The molecule has 0 radical (unpaired) electrons. The lowest BCUT2D eigenvalue weighted by Gasteiger charge is -2.19. The molecule has 1 heterocycles. The van der Waals surface area contributed by atoms with E-state index in [1.807, 2.05) is 41.0 Å². The van der Waals surface area contributed by atoms with Crippen LogP contribution in [0.25, 0.3) is 11.4 Å². The predicted octanol–water partition coefficient (Wildman–Crippen LogP) is 4.43. The molecule has 146 valence electrons. The summed E-state index contributed by atoms with van der Waals surface area (Å²) in [4.78, 5) is 14.2. The first kappa shape index (κ1) is 20.6. The Morgan fingerprint density at radius 1 is 1.21 bits per heavy atom. The maximum Gasteiger partial charge on any atom is 0.238 e. The molecule has 2 aromatic carbocycles. The molecule has 0 atom stereocenters. The van der Waals surface area contributed by atoms with Crippen LogP contribution in [-0.2, 0) is 11.3 Å². The van der Waals surface area contributed by atoms with E-state index in [1.54, 1.807) is 30.3 Å². The number of amides is 1. The van der Waals surface area contributed by atoms with Gasteiger partial charge in [-0.1, -0.05) is 47.6 Å². The van der Waals surface area contributed by atoms with Gasteiger partial charge in [0.15, 0.2) is 11.0 Å². The van der Waals surface area contributed by atoms with Gasteiger partial charge in [-0.15, -0.1) is 16.8 Å². The van der Waals surface area contributed by atoms with Crippen LogP contribution in [0.4, 0.5) is 5.69 Å². The van der Waals surface area contributed by atoms with Gasteiger partial charge >= 0.3 is 0 Å². The second-order valence-electron chi connectivity index (χ2n) is 5.97. The highest BCUT2D eigenvalue weighted by molar-refractivity contribution is 7.99. The van der Waals surface area contributed by atoms with Crippen LogP contribution in [0.1, 0.15) is 0 Å². The molecule has 1 aromatic heterocycles. The van der Waals surface area contributed by atoms with Crippen molar-refractivity contribution in [3.8, 4) is 17.5 Å². The van der Waals surface area contributed by atoms with E-state index in [2.05, 4.69) is 16.8 Å². The average Bonchev–Trinajstić information content (AvgIpc) is 3.14.